The molecule has 0 aliphatic carbocycles. The molecule has 0 saturated carbocycles. The number of methoxy groups -OCH3 is 1. The Labute approximate surface area is 191 Å². The van der Waals surface area contributed by atoms with Crippen LogP contribution in [0.1, 0.15) is 18.4 Å². The molecule has 1 aliphatic rings. The number of nitriles is 2. The molecule has 0 amide bonds. The Hall–Kier alpha value is -3.73. The van der Waals surface area contributed by atoms with Crippen LogP contribution in [0.2, 0.25) is 0 Å². The van der Waals surface area contributed by atoms with Crippen molar-refractivity contribution in [2.24, 2.45) is 5.92 Å². The van der Waals surface area contributed by atoms with Crippen LogP contribution in [-0.2, 0) is 14.8 Å². The summed E-state index contributed by atoms with van der Waals surface area (Å²) in [7, 11) is -2.50. The first-order chi connectivity index (χ1) is 15.8. The molecule has 1 aliphatic heterocycles. The third-order valence-corrected chi connectivity index (χ3v) is 7.00. The van der Waals surface area contributed by atoms with Crippen LogP contribution in [0.15, 0.2) is 52.9 Å². The second-order valence-corrected chi connectivity index (χ2v) is 9.21. The lowest BCUT2D eigenvalue weighted by Gasteiger charge is -2.30. The first-order valence-corrected chi connectivity index (χ1v) is 11.4. The highest BCUT2D eigenvalue weighted by atomic mass is 32.2. The lowest BCUT2D eigenvalue weighted by molar-refractivity contribution is -0.140. The van der Waals surface area contributed by atoms with E-state index in [1.807, 2.05) is 0 Å². The van der Waals surface area contributed by atoms with Crippen molar-refractivity contribution in [2.45, 2.75) is 17.7 Å². The number of hydrogen-bond acceptors (Lipinski definition) is 7. The smallest absolute Gasteiger partial charge is 0.315 e. The topological polar surface area (TPSA) is 120 Å². The van der Waals surface area contributed by atoms with Crippen molar-refractivity contribution >= 4 is 22.1 Å². The predicted molar refractivity (Wildman–Crippen MR) is 116 cm³/mol. The number of ether oxygens (including phenoxy) is 2. The third kappa shape index (κ3) is 5.55. The van der Waals surface area contributed by atoms with Gasteiger partial charge in [0.15, 0.2) is 11.5 Å². The zero-order chi connectivity index (χ0) is 24.0. The molecule has 8 nitrogen and oxygen atoms in total. The second-order valence-electron chi connectivity index (χ2n) is 7.27. The lowest BCUT2D eigenvalue weighted by atomic mass is 10.00. The van der Waals surface area contributed by atoms with Crippen molar-refractivity contribution in [3.63, 3.8) is 0 Å². The summed E-state index contributed by atoms with van der Waals surface area (Å²) in [6.07, 6.45) is 2.28. The van der Waals surface area contributed by atoms with Gasteiger partial charge in [0.2, 0.25) is 10.0 Å². The maximum Gasteiger partial charge on any atom is 0.315 e. The summed E-state index contributed by atoms with van der Waals surface area (Å²) in [4.78, 5) is 12.8. The summed E-state index contributed by atoms with van der Waals surface area (Å²) >= 11 is 0. The summed E-state index contributed by atoms with van der Waals surface area (Å²) in [5.41, 5.74) is 0.422. The summed E-state index contributed by atoms with van der Waals surface area (Å²) < 4.78 is 50.9. The van der Waals surface area contributed by atoms with Gasteiger partial charge in [-0.1, -0.05) is 6.07 Å². The van der Waals surface area contributed by atoms with Gasteiger partial charge in [-0.2, -0.15) is 14.8 Å². The number of benzene rings is 2. The van der Waals surface area contributed by atoms with E-state index in [2.05, 4.69) is 0 Å². The van der Waals surface area contributed by atoms with Crippen LogP contribution in [0.3, 0.4) is 0 Å². The molecule has 0 N–H and O–H groups in total. The van der Waals surface area contributed by atoms with Crippen LogP contribution in [0, 0.1) is 34.4 Å². The van der Waals surface area contributed by atoms with E-state index in [-0.39, 0.29) is 35.1 Å². The van der Waals surface area contributed by atoms with Gasteiger partial charge in [0.25, 0.3) is 0 Å². The van der Waals surface area contributed by atoms with Crippen LogP contribution in [0.5, 0.6) is 11.5 Å². The third-order valence-electron chi connectivity index (χ3n) is 5.12. The van der Waals surface area contributed by atoms with E-state index in [1.54, 1.807) is 18.2 Å². The van der Waals surface area contributed by atoms with Gasteiger partial charge in [-0.15, -0.1) is 0 Å². The largest absolute Gasteiger partial charge is 0.493 e. The molecule has 1 saturated heterocycles. The van der Waals surface area contributed by atoms with E-state index >= 15 is 0 Å². The summed E-state index contributed by atoms with van der Waals surface area (Å²) in [6, 6.07) is 12.6. The molecule has 1 heterocycles. The second kappa shape index (κ2) is 10.3. The Balaban J connectivity index is 1.75. The molecule has 1 unspecified atom stereocenters. The molecule has 0 spiro atoms. The summed E-state index contributed by atoms with van der Waals surface area (Å²) in [6.45, 7) is 0.184. The standard InChI is InChI=1S/C23H20FN3O5S/c1-31-22-12-16(11-17(13-25)14-26)4-9-21(22)32-23(28)18-3-2-10-27(15-18)33(29,30)20-7-5-19(24)6-8-20/h4-9,11-12,18H,2-3,10,15H2,1H3. The number of piperidine rings is 1. The molecular formula is C23H20FN3O5S. The van der Waals surface area contributed by atoms with Crippen molar-refractivity contribution in [2.75, 3.05) is 20.2 Å². The van der Waals surface area contributed by atoms with Crippen molar-refractivity contribution in [3.05, 3.63) is 59.4 Å². The first kappa shape index (κ1) is 23.9. The Kier molecular flexibility index (Phi) is 7.44. The average molecular weight is 469 g/mol. The van der Waals surface area contributed by atoms with Gasteiger partial charge in [-0.25, -0.2) is 12.8 Å². The van der Waals surface area contributed by atoms with Crippen LogP contribution in [0.4, 0.5) is 4.39 Å². The molecule has 170 valence electrons. The minimum atomic E-state index is -3.88. The number of carbonyl (C=O) groups excluding carboxylic acids is 1. The van der Waals surface area contributed by atoms with E-state index in [0.717, 1.165) is 12.1 Å². The zero-order valence-electron chi connectivity index (χ0n) is 17.7. The molecule has 0 bridgehead atoms. The van der Waals surface area contributed by atoms with Gasteiger partial charge >= 0.3 is 5.97 Å². The highest BCUT2D eigenvalue weighted by Gasteiger charge is 2.34. The van der Waals surface area contributed by atoms with Gasteiger partial charge in [-0.05, 0) is 60.9 Å². The maximum atomic E-state index is 13.2. The Morgan fingerprint density at radius 1 is 1.15 bits per heavy atom. The quantitative estimate of drug-likeness (QED) is 0.362. The number of allylic oxidation sites excluding steroid dienone is 1. The Morgan fingerprint density at radius 3 is 2.48 bits per heavy atom. The normalized spacial score (nSPS) is 16.2. The lowest BCUT2D eigenvalue weighted by Crippen LogP contribution is -2.43. The fraction of sp³-hybridized carbons (Fsp3) is 0.261. The molecule has 10 heteroatoms. The van der Waals surface area contributed by atoms with Crippen molar-refractivity contribution in [1.29, 1.82) is 10.5 Å². The minimum Gasteiger partial charge on any atom is -0.493 e. The van der Waals surface area contributed by atoms with E-state index in [9.17, 15) is 17.6 Å². The molecule has 0 aromatic heterocycles. The van der Waals surface area contributed by atoms with E-state index in [0.29, 0.717) is 18.4 Å². The van der Waals surface area contributed by atoms with E-state index < -0.39 is 27.7 Å². The van der Waals surface area contributed by atoms with Gasteiger partial charge in [0.05, 0.1) is 17.9 Å². The molecule has 0 radical (unpaired) electrons. The Morgan fingerprint density at radius 2 is 1.85 bits per heavy atom. The highest BCUT2D eigenvalue weighted by molar-refractivity contribution is 7.89. The van der Waals surface area contributed by atoms with Crippen molar-refractivity contribution < 1.29 is 27.1 Å². The number of sulfonamides is 1. The molecule has 2 aromatic rings. The van der Waals surface area contributed by atoms with Crippen LogP contribution < -0.4 is 9.47 Å². The monoisotopic (exact) mass is 469 g/mol. The summed E-state index contributed by atoms with van der Waals surface area (Å²) in [5, 5.41) is 17.8. The van der Waals surface area contributed by atoms with Crippen LogP contribution >= 0.6 is 0 Å². The SMILES string of the molecule is COc1cc(C=C(C#N)C#N)ccc1OC(=O)C1CCCN(S(=O)(=O)c2ccc(F)cc2)C1. The molecule has 1 atom stereocenters. The molecule has 2 aromatic carbocycles. The average Bonchev–Trinajstić information content (AvgIpc) is 2.83. The molecule has 3 rings (SSSR count). The number of carbonyl (C=O) groups is 1. The van der Waals surface area contributed by atoms with Gasteiger partial charge in [0, 0.05) is 13.1 Å². The van der Waals surface area contributed by atoms with Crippen molar-refractivity contribution in [1.82, 2.24) is 4.31 Å². The van der Waals surface area contributed by atoms with Crippen LogP contribution in [-0.4, -0.2) is 38.9 Å². The minimum absolute atomic E-state index is 0.0441. The number of nitrogens with zero attached hydrogens (tertiary/aromatic N) is 3. The number of rotatable bonds is 6. The number of esters is 1. The molecular weight excluding hydrogens is 449 g/mol. The molecule has 33 heavy (non-hydrogen) atoms. The maximum absolute atomic E-state index is 13.2. The highest BCUT2D eigenvalue weighted by Crippen LogP contribution is 2.31. The van der Waals surface area contributed by atoms with E-state index in [1.165, 1.54) is 41.8 Å². The summed E-state index contributed by atoms with van der Waals surface area (Å²) in [5.74, 6) is -1.49. The molecule has 1 fully saturated rings. The van der Waals surface area contributed by atoms with E-state index in [4.69, 9.17) is 20.0 Å². The van der Waals surface area contributed by atoms with Gasteiger partial charge < -0.3 is 9.47 Å². The fourth-order valence-corrected chi connectivity index (χ4v) is 4.94. The van der Waals surface area contributed by atoms with Crippen LogP contribution in [0.25, 0.3) is 6.08 Å². The predicted octanol–water partition coefficient (Wildman–Crippen LogP) is 3.27. The van der Waals surface area contributed by atoms with Gasteiger partial charge in [0.1, 0.15) is 23.5 Å². The number of hydrogen-bond donors (Lipinski definition) is 0. The fourth-order valence-electron chi connectivity index (χ4n) is 3.41. The zero-order valence-corrected chi connectivity index (χ0v) is 18.5. The van der Waals surface area contributed by atoms with Crippen molar-refractivity contribution in [3.8, 4) is 23.6 Å². The Bertz CT molecular complexity index is 1240. The van der Waals surface area contributed by atoms with Gasteiger partial charge in [-0.3, -0.25) is 4.79 Å². The number of halogens is 1. The first-order valence-electron chi connectivity index (χ1n) is 9.96.